The second kappa shape index (κ2) is 7.74. The summed E-state index contributed by atoms with van der Waals surface area (Å²) in [6.07, 6.45) is 2.43. The largest absolute Gasteiger partial charge is 0.462 e. The van der Waals surface area contributed by atoms with Crippen molar-refractivity contribution in [2.45, 2.75) is 19.8 Å². The number of esters is 1. The topological polar surface area (TPSA) is 84.7 Å². The highest BCUT2D eigenvalue weighted by atomic mass is 16.6. The SMILES string of the molecule is CCOC(=O)c1ccc(NCCN2CCCC2)c([N+](=O)[O-])c1. The van der Waals surface area contributed by atoms with Crippen molar-refractivity contribution in [2.24, 2.45) is 0 Å². The summed E-state index contributed by atoms with van der Waals surface area (Å²) >= 11 is 0. The molecule has 1 heterocycles. The van der Waals surface area contributed by atoms with Gasteiger partial charge in [0, 0.05) is 19.2 Å². The molecule has 0 unspecified atom stereocenters. The number of hydrogen-bond donors (Lipinski definition) is 1. The van der Waals surface area contributed by atoms with E-state index in [1.165, 1.54) is 18.9 Å². The zero-order valence-corrected chi connectivity index (χ0v) is 12.7. The van der Waals surface area contributed by atoms with Crippen molar-refractivity contribution in [3.63, 3.8) is 0 Å². The van der Waals surface area contributed by atoms with Crippen molar-refractivity contribution in [2.75, 3.05) is 38.1 Å². The smallest absolute Gasteiger partial charge is 0.338 e. The maximum atomic E-state index is 11.6. The Hall–Kier alpha value is -2.15. The van der Waals surface area contributed by atoms with Crippen LogP contribution in [0.1, 0.15) is 30.1 Å². The Balaban J connectivity index is 2.02. The third-order valence-electron chi connectivity index (χ3n) is 3.65. The first kappa shape index (κ1) is 16.2. The maximum absolute atomic E-state index is 11.6. The molecule has 7 nitrogen and oxygen atoms in total. The molecule has 1 aliphatic rings. The average molecular weight is 307 g/mol. The number of anilines is 1. The van der Waals surface area contributed by atoms with Crippen LogP contribution in [-0.2, 0) is 4.74 Å². The highest BCUT2D eigenvalue weighted by Gasteiger charge is 2.18. The number of nitro groups is 1. The molecule has 0 radical (unpaired) electrons. The van der Waals surface area contributed by atoms with Crippen LogP contribution < -0.4 is 5.32 Å². The normalized spacial score (nSPS) is 14.8. The summed E-state index contributed by atoms with van der Waals surface area (Å²) in [5.74, 6) is -0.547. The monoisotopic (exact) mass is 307 g/mol. The van der Waals surface area contributed by atoms with Crippen LogP contribution in [0.15, 0.2) is 18.2 Å². The summed E-state index contributed by atoms with van der Waals surface area (Å²) in [5.41, 5.74) is 0.517. The van der Waals surface area contributed by atoms with E-state index in [-0.39, 0.29) is 17.9 Å². The van der Waals surface area contributed by atoms with Gasteiger partial charge in [-0.2, -0.15) is 0 Å². The second-order valence-electron chi connectivity index (χ2n) is 5.19. The van der Waals surface area contributed by atoms with E-state index in [0.29, 0.717) is 12.2 Å². The van der Waals surface area contributed by atoms with Crippen LogP contribution in [0.5, 0.6) is 0 Å². The number of likely N-dealkylation sites (tertiary alicyclic amines) is 1. The Morgan fingerprint density at radius 1 is 1.41 bits per heavy atom. The second-order valence-corrected chi connectivity index (χ2v) is 5.19. The molecule has 1 aromatic rings. The van der Waals surface area contributed by atoms with Crippen molar-refractivity contribution in [3.8, 4) is 0 Å². The predicted octanol–water partition coefficient (Wildman–Crippen LogP) is 2.28. The number of ether oxygens (including phenoxy) is 1. The van der Waals surface area contributed by atoms with E-state index in [4.69, 9.17) is 4.74 Å². The van der Waals surface area contributed by atoms with Crippen molar-refractivity contribution in [1.82, 2.24) is 4.90 Å². The minimum absolute atomic E-state index is 0.105. The van der Waals surface area contributed by atoms with Crippen molar-refractivity contribution in [3.05, 3.63) is 33.9 Å². The Kier molecular flexibility index (Phi) is 5.71. The third-order valence-corrected chi connectivity index (χ3v) is 3.65. The number of rotatable bonds is 7. The fraction of sp³-hybridized carbons (Fsp3) is 0.533. The summed E-state index contributed by atoms with van der Waals surface area (Å²) < 4.78 is 4.86. The molecule has 1 fully saturated rings. The maximum Gasteiger partial charge on any atom is 0.338 e. The Bertz CT molecular complexity index is 542. The molecule has 120 valence electrons. The van der Waals surface area contributed by atoms with Gasteiger partial charge in [0.2, 0.25) is 0 Å². The lowest BCUT2D eigenvalue weighted by Crippen LogP contribution is -2.26. The molecule has 0 aromatic heterocycles. The van der Waals surface area contributed by atoms with Crippen LogP contribution in [0.3, 0.4) is 0 Å². The van der Waals surface area contributed by atoms with E-state index in [1.807, 2.05) is 0 Å². The molecule has 1 aromatic carbocycles. The molecule has 2 rings (SSSR count). The van der Waals surface area contributed by atoms with Gasteiger partial charge >= 0.3 is 5.97 Å². The third kappa shape index (κ3) is 4.17. The van der Waals surface area contributed by atoms with Crippen molar-refractivity contribution in [1.29, 1.82) is 0 Å². The fourth-order valence-electron chi connectivity index (χ4n) is 2.53. The molecule has 0 spiro atoms. The summed E-state index contributed by atoms with van der Waals surface area (Å²) in [4.78, 5) is 24.7. The summed E-state index contributed by atoms with van der Waals surface area (Å²) in [7, 11) is 0. The van der Waals surface area contributed by atoms with Gasteiger partial charge in [0.25, 0.3) is 5.69 Å². The van der Waals surface area contributed by atoms with E-state index in [1.54, 1.807) is 19.1 Å². The lowest BCUT2D eigenvalue weighted by molar-refractivity contribution is -0.384. The lowest BCUT2D eigenvalue weighted by atomic mass is 10.1. The molecular weight excluding hydrogens is 286 g/mol. The number of hydrogen-bond acceptors (Lipinski definition) is 6. The molecule has 1 saturated heterocycles. The first-order valence-electron chi connectivity index (χ1n) is 7.53. The quantitative estimate of drug-likeness (QED) is 0.472. The van der Waals surface area contributed by atoms with E-state index in [0.717, 1.165) is 19.6 Å². The molecule has 0 atom stereocenters. The van der Waals surface area contributed by atoms with Gasteiger partial charge in [0.1, 0.15) is 5.69 Å². The van der Waals surface area contributed by atoms with Crippen LogP contribution in [0.25, 0.3) is 0 Å². The van der Waals surface area contributed by atoms with Crippen LogP contribution in [0.2, 0.25) is 0 Å². The zero-order valence-electron chi connectivity index (χ0n) is 12.7. The Morgan fingerprint density at radius 3 is 2.77 bits per heavy atom. The molecule has 1 N–H and O–H groups in total. The number of nitrogens with one attached hydrogen (secondary N) is 1. The number of nitrogens with zero attached hydrogens (tertiary/aromatic N) is 2. The average Bonchev–Trinajstić information content (AvgIpc) is 3.01. The summed E-state index contributed by atoms with van der Waals surface area (Å²) in [6.45, 7) is 5.61. The van der Waals surface area contributed by atoms with E-state index >= 15 is 0 Å². The van der Waals surface area contributed by atoms with Gasteiger partial charge in [0.15, 0.2) is 0 Å². The van der Waals surface area contributed by atoms with Crippen molar-refractivity contribution < 1.29 is 14.5 Å². The molecule has 0 bridgehead atoms. The van der Waals surface area contributed by atoms with E-state index < -0.39 is 10.9 Å². The minimum Gasteiger partial charge on any atom is -0.462 e. The van der Waals surface area contributed by atoms with Crippen LogP contribution >= 0.6 is 0 Å². The van der Waals surface area contributed by atoms with Gasteiger partial charge in [-0.1, -0.05) is 0 Å². The van der Waals surface area contributed by atoms with Gasteiger partial charge in [-0.05, 0) is 45.0 Å². The molecular formula is C15H21N3O4. The van der Waals surface area contributed by atoms with Gasteiger partial charge in [-0.3, -0.25) is 10.1 Å². The molecule has 1 aliphatic heterocycles. The van der Waals surface area contributed by atoms with Crippen LogP contribution in [0, 0.1) is 10.1 Å². The van der Waals surface area contributed by atoms with Crippen molar-refractivity contribution >= 4 is 17.3 Å². The van der Waals surface area contributed by atoms with E-state index in [2.05, 4.69) is 10.2 Å². The van der Waals surface area contributed by atoms with E-state index in [9.17, 15) is 14.9 Å². The summed E-state index contributed by atoms with van der Waals surface area (Å²) in [6, 6.07) is 4.37. The molecule has 0 aliphatic carbocycles. The number of carbonyl (C=O) groups excluding carboxylic acids is 1. The zero-order chi connectivity index (χ0) is 15.9. The minimum atomic E-state index is -0.547. The highest BCUT2D eigenvalue weighted by Crippen LogP contribution is 2.26. The van der Waals surface area contributed by atoms with Gasteiger partial charge in [-0.15, -0.1) is 0 Å². The number of nitro benzene ring substituents is 1. The number of carbonyl (C=O) groups is 1. The van der Waals surface area contributed by atoms with Gasteiger partial charge < -0.3 is 15.0 Å². The summed E-state index contributed by atoms with van der Waals surface area (Å²) in [5, 5.41) is 14.3. The number of benzene rings is 1. The molecule has 22 heavy (non-hydrogen) atoms. The first-order chi connectivity index (χ1) is 10.6. The predicted molar refractivity (Wildman–Crippen MR) is 83.2 cm³/mol. The Labute approximate surface area is 129 Å². The standard InChI is InChI=1S/C15H21N3O4/c1-2-22-15(19)12-5-6-13(14(11-12)18(20)21)16-7-10-17-8-3-4-9-17/h5-6,11,16H,2-4,7-10H2,1H3. The Morgan fingerprint density at radius 2 is 2.14 bits per heavy atom. The highest BCUT2D eigenvalue weighted by molar-refractivity contribution is 5.91. The first-order valence-corrected chi connectivity index (χ1v) is 7.53. The van der Waals surface area contributed by atoms with Gasteiger partial charge in [0.05, 0.1) is 17.1 Å². The molecule has 0 saturated carbocycles. The van der Waals surface area contributed by atoms with Crippen LogP contribution in [0.4, 0.5) is 11.4 Å². The van der Waals surface area contributed by atoms with Crippen LogP contribution in [-0.4, -0.2) is 48.6 Å². The fourth-order valence-corrected chi connectivity index (χ4v) is 2.53. The lowest BCUT2D eigenvalue weighted by Gasteiger charge is -2.15. The molecule has 7 heteroatoms. The van der Waals surface area contributed by atoms with Gasteiger partial charge in [-0.25, -0.2) is 4.79 Å². The molecule has 0 amide bonds.